The van der Waals surface area contributed by atoms with Gasteiger partial charge >= 0.3 is 0 Å². The van der Waals surface area contributed by atoms with Gasteiger partial charge in [0.2, 0.25) is 5.91 Å². The number of benzene rings is 1. The summed E-state index contributed by atoms with van der Waals surface area (Å²) in [6, 6.07) is 7.32. The lowest BCUT2D eigenvalue weighted by molar-refractivity contribution is 0.100. The second kappa shape index (κ2) is 4.05. The van der Waals surface area contributed by atoms with E-state index in [-0.39, 0.29) is 0 Å². The molecule has 0 radical (unpaired) electrons. The van der Waals surface area contributed by atoms with Crippen LogP contribution in [0, 0.1) is 13.8 Å². The molecule has 0 aliphatic heterocycles. The molecule has 17 heavy (non-hydrogen) atoms. The molecule has 0 atom stereocenters. The van der Waals surface area contributed by atoms with Crippen LogP contribution in [0.15, 0.2) is 24.3 Å². The molecular weight excluding hydrogens is 214 g/mol. The summed E-state index contributed by atoms with van der Waals surface area (Å²) < 4.78 is 1.83. The van der Waals surface area contributed by atoms with Gasteiger partial charge in [0.1, 0.15) is 0 Å². The summed E-state index contributed by atoms with van der Waals surface area (Å²) >= 11 is 0. The van der Waals surface area contributed by atoms with E-state index >= 15 is 0 Å². The quantitative estimate of drug-likeness (QED) is 0.853. The Morgan fingerprint density at radius 2 is 2.06 bits per heavy atom. The van der Waals surface area contributed by atoms with Gasteiger partial charge in [-0.3, -0.25) is 9.48 Å². The normalized spacial score (nSPS) is 10.5. The Hall–Kier alpha value is -2.10. The van der Waals surface area contributed by atoms with E-state index < -0.39 is 5.91 Å². The van der Waals surface area contributed by atoms with Crippen LogP contribution < -0.4 is 5.73 Å². The average molecular weight is 229 g/mol. The summed E-state index contributed by atoms with van der Waals surface area (Å²) in [4.78, 5) is 11.2. The summed E-state index contributed by atoms with van der Waals surface area (Å²) in [5.74, 6) is -0.411. The Labute approximate surface area is 100 Å². The van der Waals surface area contributed by atoms with Crippen molar-refractivity contribution in [3.05, 3.63) is 41.2 Å². The first kappa shape index (κ1) is 11.4. The summed E-state index contributed by atoms with van der Waals surface area (Å²) in [5.41, 5.74) is 9.87. The van der Waals surface area contributed by atoms with Crippen LogP contribution in [0.1, 0.15) is 21.7 Å². The zero-order valence-electron chi connectivity index (χ0n) is 10.2. The largest absolute Gasteiger partial charge is 0.366 e. The lowest BCUT2D eigenvalue weighted by atomic mass is 10.0. The summed E-state index contributed by atoms with van der Waals surface area (Å²) in [6.07, 6.45) is 0. The standard InChI is InChI=1S/C13H15N3O/c1-8-12(9(2)16(3)15-8)10-5-4-6-11(7-10)13(14)17/h4-7H,1-3H3,(H2,14,17). The van der Waals surface area contributed by atoms with E-state index in [9.17, 15) is 4.79 Å². The van der Waals surface area contributed by atoms with E-state index in [1.807, 2.05) is 37.7 Å². The van der Waals surface area contributed by atoms with Crippen LogP contribution >= 0.6 is 0 Å². The fourth-order valence-corrected chi connectivity index (χ4v) is 2.02. The molecule has 1 aromatic heterocycles. The first-order chi connectivity index (χ1) is 8.00. The number of carbonyl (C=O) groups excluding carboxylic acids is 1. The van der Waals surface area contributed by atoms with Gasteiger partial charge in [0.15, 0.2) is 0 Å². The molecule has 4 heteroatoms. The number of amides is 1. The lowest BCUT2D eigenvalue weighted by Gasteiger charge is -2.04. The van der Waals surface area contributed by atoms with Gasteiger partial charge in [0.05, 0.1) is 5.69 Å². The number of aromatic nitrogens is 2. The maximum atomic E-state index is 11.2. The van der Waals surface area contributed by atoms with Gasteiger partial charge < -0.3 is 5.73 Å². The van der Waals surface area contributed by atoms with Crippen LogP contribution in [0.2, 0.25) is 0 Å². The van der Waals surface area contributed by atoms with Crippen molar-refractivity contribution >= 4 is 5.91 Å². The number of carbonyl (C=O) groups is 1. The summed E-state index contributed by atoms with van der Waals surface area (Å²) in [5, 5.41) is 4.36. The van der Waals surface area contributed by atoms with Crippen molar-refractivity contribution in [3.8, 4) is 11.1 Å². The molecule has 0 saturated carbocycles. The lowest BCUT2D eigenvalue weighted by Crippen LogP contribution is -2.10. The molecule has 0 aliphatic carbocycles. The molecule has 2 aromatic rings. The monoisotopic (exact) mass is 229 g/mol. The highest BCUT2D eigenvalue weighted by atomic mass is 16.1. The first-order valence-electron chi connectivity index (χ1n) is 5.41. The predicted octanol–water partition coefficient (Wildman–Crippen LogP) is 1.80. The minimum absolute atomic E-state index is 0.411. The van der Waals surface area contributed by atoms with Crippen molar-refractivity contribution in [2.75, 3.05) is 0 Å². The second-order valence-corrected chi connectivity index (χ2v) is 4.11. The Kier molecular flexibility index (Phi) is 2.71. The van der Waals surface area contributed by atoms with Gasteiger partial charge in [0, 0.05) is 23.9 Å². The number of hydrogen-bond acceptors (Lipinski definition) is 2. The molecular formula is C13H15N3O. The minimum Gasteiger partial charge on any atom is -0.366 e. The first-order valence-corrected chi connectivity index (χ1v) is 5.41. The second-order valence-electron chi connectivity index (χ2n) is 4.11. The zero-order valence-corrected chi connectivity index (χ0v) is 10.2. The highest BCUT2D eigenvalue weighted by molar-refractivity contribution is 5.94. The average Bonchev–Trinajstić information content (AvgIpc) is 2.53. The molecule has 2 rings (SSSR count). The SMILES string of the molecule is Cc1nn(C)c(C)c1-c1cccc(C(N)=O)c1. The van der Waals surface area contributed by atoms with Gasteiger partial charge in [-0.15, -0.1) is 0 Å². The van der Waals surface area contributed by atoms with Crippen molar-refractivity contribution in [3.63, 3.8) is 0 Å². The van der Waals surface area contributed by atoms with Gasteiger partial charge in [-0.1, -0.05) is 12.1 Å². The van der Waals surface area contributed by atoms with Crippen molar-refractivity contribution in [2.45, 2.75) is 13.8 Å². The minimum atomic E-state index is -0.411. The van der Waals surface area contributed by atoms with Crippen LogP contribution in [0.25, 0.3) is 11.1 Å². The Bertz CT molecular complexity index is 584. The van der Waals surface area contributed by atoms with Gasteiger partial charge in [0.25, 0.3) is 0 Å². The van der Waals surface area contributed by atoms with E-state index in [4.69, 9.17) is 5.73 Å². The maximum absolute atomic E-state index is 11.2. The molecule has 0 bridgehead atoms. The predicted molar refractivity (Wildman–Crippen MR) is 66.6 cm³/mol. The van der Waals surface area contributed by atoms with Crippen molar-refractivity contribution in [2.24, 2.45) is 12.8 Å². The molecule has 0 unspecified atom stereocenters. The van der Waals surface area contributed by atoms with Crippen molar-refractivity contribution in [1.82, 2.24) is 9.78 Å². The van der Waals surface area contributed by atoms with Crippen molar-refractivity contribution < 1.29 is 4.79 Å². The number of nitrogens with two attached hydrogens (primary N) is 1. The topological polar surface area (TPSA) is 60.9 Å². The van der Waals surface area contributed by atoms with Crippen LogP contribution in [0.5, 0.6) is 0 Å². The molecule has 0 saturated heterocycles. The third kappa shape index (κ3) is 1.93. The summed E-state index contributed by atoms with van der Waals surface area (Å²) in [6.45, 7) is 3.96. The van der Waals surface area contributed by atoms with Gasteiger partial charge in [-0.25, -0.2) is 0 Å². The van der Waals surface area contributed by atoms with Crippen LogP contribution in [0.4, 0.5) is 0 Å². The third-order valence-electron chi connectivity index (χ3n) is 2.94. The molecule has 2 N–H and O–H groups in total. The molecule has 0 spiro atoms. The van der Waals surface area contributed by atoms with Crippen LogP contribution in [0.3, 0.4) is 0 Å². The maximum Gasteiger partial charge on any atom is 0.248 e. The molecule has 0 aliphatic rings. The molecule has 4 nitrogen and oxygen atoms in total. The Morgan fingerprint density at radius 3 is 2.59 bits per heavy atom. The molecule has 1 aromatic carbocycles. The smallest absolute Gasteiger partial charge is 0.248 e. The van der Waals surface area contributed by atoms with Crippen molar-refractivity contribution in [1.29, 1.82) is 0 Å². The number of aryl methyl sites for hydroxylation is 2. The number of nitrogens with zero attached hydrogens (tertiary/aromatic N) is 2. The van der Waals surface area contributed by atoms with E-state index in [1.54, 1.807) is 12.1 Å². The third-order valence-corrected chi connectivity index (χ3v) is 2.94. The van der Waals surface area contributed by atoms with Gasteiger partial charge in [-0.2, -0.15) is 5.10 Å². The van der Waals surface area contributed by atoms with Crippen LogP contribution in [-0.2, 0) is 7.05 Å². The molecule has 0 fully saturated rings. The zero-order chi connectivity index (χ0) is 12.6. The Morgan fingerprint density at radius 1 is 1.35 bits per heavy atom. The molecule has 88 valence electrons. The highest BCUT2D eigenvalue weighted by Gasteiger charge is 2.12. The number of hydrogen-bond donors (Lipinski definition) is 1. The van der Waals surface area contributed by atoms with E-state index in [0.29, 0.717) is 5.56 Å². The molecule has 1 amide bonds. The van der Waals surface area contributed by atoms with E-state index in [1.165, 1.54) is 0 Å². The van der Waals surface area contributed by atoms with E-state index in [0.717, 1.165) is 22.5 Å². The van der Waals surface area contributed by atoms with E-state index in [2.05, 4.69) is 5.10 Å². The van der Waals surface area contributed by atoms with Crippen LogP contribution in [-0.4, -0.2) is 15.7 Å². The number of primary amides is 1. The fraction of sp³-hybridized carbons (Fsp3) is 0.231. The molecule has 1 heterocycles. The fourth-order valence-electron chi connectivity index (χ4n) is 2.02. The van der Waals surface area contributed by atoms with Gasteiger partial charge in [-0.05, 0) is 31.5 Å². The number of rotatable bonds is 2. The summed E-state index contributed by atoms with van der Waals surface area (Å²) in [7, 11) is 1.91. The highest BCUT2D eigenvalue weighted by Crippen LogP contribution is 2.26. The Balaban J connectivity index is 2.60.